The molecular weight excluding hydrogens is 458 g/mol. The van der Waals surface area contributed by atoms with Gasteiger partial charge in [-0.15, -0.1) is 11.3 Å². The molecule has 1 aliphatic heterocycles. The van der Waals surface area contributed by atoms with Gasteiger partial charge in [0.2, 0.25) is 0 Å². The van der Waals surface area contributed by atoms with Crippen LogP contribution in [0.3, 0.4) is 0 Å². The van der Waals surface area contributed by atoms with Gasteiger partial charge in [0, 0.05) is 19.3 Å². The molecule has 1 saturated heterocycles. The van der Waals surface area contributed by atoms with Crippen LogP contribution in [-0.2, 0) is 16.0 Å². The predicted molar refractivity (Wildman–Crippen MR) is 137 cm³/mol. The van der Waals surface area contributed by atoms with E-state index in [9.17, 15) is 9.59 Å². The Morgan fingerprint density at radius 2 is 1.66 bits per heavy atom. The largest absolute Gasteiger partial charge is 0.452 e. The van der Waals surface area contributed by atoms with Crippen molar-refractivity contribution in [3.05, 3.63) is 95.5 Å². The first kappa shape index (κ1) is 23.1. The first-order valence-electron chi connectivity index (χ1n) is 11.8. The maximum absolute atomic E-state index is 13.0. The highest BCUT2D eigenvalue weighted by molar-refractivity contribution is 7.13. The third-order valence-electron chi connectivity index (χ3n) is 6.37. The highest BCUT2D eigenvalue weighted by Crippen LogP contribution is 2.28. The van der Waals surface area contributed by atoms with E-state index < -0.39 is 5.97 Å². The van der Waals surface area contributed by atoms with Crippen molar-refractivity contribution in [3.8, 4) is 16.3 Å². The lowest BCUT2D eigenvalue weighted by Gasteiger charge is -2.32. The number of carbonyl (C=O) groups excluding carboxylic acids is 2. The van der Waals surface area contributed by atoms with E-state index in [4.69, 9.17) is 4.74 Å². The highest BCUT2D eigenvalue weighted by Gasteiger charge is 2.25. The van der Waals surface area contributed by atoms with E-state index in [1.165, 1.54) is 16.9 Å². The Hall–Kier alpha value is -3.71. The number of aromatic nitrogens is 2. The summed E-state index contributed by atoms with van der Waals surface area (Å²) >= 11 is 1.51. The van der Waals surface area contributed by atoms with Crippen LogP contribution in [0.1, 0.15) is 28.8 Å². The lowest BCUT2D eigenvalue weighted by molar-refractivity contribution is -0.135. The number of thiophene rings is 1. The number of amides is 1. The van der Waals surface area contributed by atoms with E-state index in [0.29, 0.717) is 30.3 Å². The number of carbonyl (C=O) groups is 2. The number of ether oxygens (including phenoxy) is 1. The third-order valence-corrected chi connectivity index (χ3v) is 7.25. The number of hydrogen-bond acceptors (Lipinski definition) is 5. The molecule has 0 aliphatic carbocycles. The summed E-state index contributed by atoms with van der Waals surface area (Å²) in [5.41, 5.74) is 3.09. The lowest BCUT2D eigenvalue weighted by atomic mass is 9.90. The van der Waals surface area contributed by atoms with E-state index in [0.717, 1.165) is 29.8 Å². The molecular formula is C28H27N3O3S. The molecule has 4 aromatic rings. The summed E-state index contributed by atoms with van der Waals surface area (Å²) in [5, 5.41) is 6.58. The summed E-state index contributed by atoms with van der Waals surface area (Å²) in [6.07, 6.45) is 4.63. The van der Waals surface area contributed by atoms with Crippen LogP contribution in [-0.4, -0.2) is 46.3 Å². The number of benzene rings is 2. The number of esters is 1. The SMILES string of the molecule is O=C(OCC(=O)N1CCC(Cc2ccccc2)CC1)c1cn(-c2ccccc2)nc1-c1cccs1. The molecule has 1 fully saturated rings. The second-order valence-corrected chi connectivity index (χ2v) is 9.69. The monoisotopic (exact) mass is 485 g/mol. The molecule has 2 aromatic heterocycles. The van der Waals surface area contributed by atoms with Crippen molar-refractivity contribution in [2.45, 2.75) is 19.3 Å². The fourth-order valence-corrected chi connectivity index (χ4v) is 5.19. The topological polar surface area (TPSA) is 64.4 Å². The molecule has 0 spiro atoms. The van der Waals surface area contributed by atoms with Crippen molar-refractivity contribution in [1.82, 2.24) is 14.7 Å². The minimum atomic E-state index is -0.539. The van der Waals surface area contributed by atoms with Crippen LogP contribution in [0.15, 0.2) is 84.4 Å². The second kappa shape index (κ2) is 10.7. The Kier molecular flexibility index (Phi) is 7.04. The van der Waals surface area contributed by atoms with Crippen LogP contribution >= 0.6 is 11.3 Å². The average Bonchev–Trinajstić information content (AvgIpc) is 3.59. The molecule has 3 heterocycles. The molecule has 7 heteroatoms. The molecule has 0 unspecified atom stereocenters. The van der Waals surface area contributed by atoms with Gasteiger partial charge in [0.05, 0.1) is 10.6 Å². The standard InChI is InChI=1S/C28H27N3O3S/c32-26(30-15-13-22(14-16-30)18-21-8-3-1-4-9-21)20-34-28(33)24-19-31(23-10-5-2-6-11-23)29-27(24)25-12-7-17-35-25/h1-12,17,19,22H,13-16,18,20H2. The lowest BCUT2D eigenvalue weighted by Crippen LogP contribution is -2.41. The van der Waals surface area contributed by atoms with E-state index in [1.54, 1.807) is 10.9 Å². The molecule has 0 saturated carbocycles. The van der Waals surface area contributed by atoms with Crippen LogP contribution < -0.4 is 0 Å². The molecule has 2 aromatic carbocycles. The van der Waals surface area contributed by atoms with Crippen molar-refractivity contribution in [2.75, 3.05) is 19.7 Å². The highest BCUT2D eigenvalue weighted by atomic mass is 32.1. The number of hydrogen-bond donors (Lipinski definition) is 0. The summed E-state index contributed by atoms with van der Waals surface area (Å²) in [6, 6.07) is 23.9. The zero-order valence-electron chi connectivity index (χ0n) is 19.4. The molecule has 1 amide bonds. The fraction of sp³-hybridized carbons (Fsp3) is 0.250. The number of piperidine rings is 1. The third kappa shape index (κ3) is 5.52. The van der Waals surface area contributed by atoms with E-state index in [1.807, 2.05) is 58.8 Å². The first-order chi connectivity index (χ1) is 17.2. The Labute approximate surface area is 208 Å². The Morgan fingerprint density at radius 3 is 2.34 bits per heavy atom. The predicted octanol–water partition coefficient (Wildman–Crippen LogP) is 5.24. The van der Waals surface area contributed by atoms with Gasteiger partial charge in [0.1, 0.15) is 11.3 Å². The average molecular weight is 486 g/mol. The number of para-hydroxylation sites is 1. The smallest absolute Gasteiger partial charge is 0.342 e. The first-order valence-corrected chi connectivity index (χ1v) is 12.7. The van der Waals surface area contributed by atoms with E-state index in [-0.39, 0.29) is 12.5 Å². The van der Waals surface area contributed by atoms with Gasteiger partial charge in [-0.1, -0.05) is 54.6 Å². The van der Waals surface area contributed by atoms with E-state index in [2.05, 4.69) is 29.4 Å². The molecule has 0 atom stereocenters. The minimum absolute atomic E-state index is 0.148. The molecule has 1 aliphatic rings. The summed E-state index contributed by atoms with van der Waals surface area (Å²) in [7, 11) is 0. The normalized spacial score (nSPS) is 14.1. The summed E-state index contributed by atoms with van der Waals surface area (Å²) in [6.45, 7) is 1.13. The van der Waals surface area contributed by atoms with Gasteiger partial charge in [-0.2, -0.15) is 5.10 Å². The number of rotatable bonds is 7. The van der Waals surface area contributed by atoms with Gasteiger partial charge in [-0.3, -0.25) is 4.79 Å². The van der Waals surface area contributed by atoms with Crippen molar-refractivity contribution < 1.29 is 14.3 Å². The maximum atomic E-state index is 13.0. The van der Waals surface area contributed by atoms with Crippen LogP contribution in [0.4, 0.5) is 0 Å². The van der Waals surface area contributed by atoms with Crippen molar-refractivity contribution >= 4 is 23.2 Å². The van der Waals surface area contributed by atoms with Gasteiger partial charge in [-0.05, 0) is 54.3 Å². The maximum Gasteiger partial charge on any atom is 0.342 e. The molecule has 6 nitrogen and oxygen atoms in total. The molecule has 5 rings (SSSR count). The van der Waals surface area contributed by atoms with Crippen LogP contribution in [0, 0.1) is 5.92 Å². The van der Waals surface area contributed by atoms with Crippen molar-refractivity contribution in [2.24, 2.45) is 5.92 Å². The van der Waals surface area contributed by atoms with Gasteiger partial charge in [0.15, 0.2) is 6.61 Å². The van der Waals surface area contributed by atoms with E-state index >= 15 is 0 Å². The van der Waals surface area contributed by atoms with Crippen LogP contribution in [0.2, 0.25) is 0 Å². The van der Waals surface area contributed by atoms with Crippen LogP contribution in [0.25, 0.3) is 16.3 Å². The molecule has 178 valence electrons. The Bertz CT molecular complexity index is 1260. The molecule has 35 heavy (non-hydrogen) atoms. The molecule has 0 N–H and O–H groups in total. The van der Waals surface area contributed by atoms with Crippen molar-refractivity contribution in [3.63, 3.8) is 0 Å². The molecule has 0 radical (unpaired) electrons. The quantitative estimate of drug-likeness (QED) is 0.336. The minimum Gasteiger partial charge on any atom is -0.452 e. The molecule has 0 bridgehead atoms. The van der Waals surface area contributed by atoms with Gasteiger partial charge < -0.3 is 9.64 Å². The van der Waals surface area contributed by atoms with Gasteiger partial charge >= 0.3 is 5.97 Å². The second-order valence-electron chi connectivity index (χ2n) is 8.74. The van der Waals surface area contributed by atoms with Crippen molar-refractivity contribution in [1.29, 1.82) is 0 Å². The van der Waals surface area contributed by atoms with Gasteiger partial charge in [-0.25, -0.2) is 9.48 Å². The zero-order valence-corrected chi connectivity index (χ0v) is 20.2. The Balaban J connectivity index is 1.20. The Morgan fingerprint density at radius 1 is 0.943 bits per heavy atom. The summed E-state index contributed by atoms with van der Waals surface area (Å²) in [4.78, 5) is 28.5. The fourth-order valence-electron chi connectivity index (χ4n) is 4.46. The number of likely N-dealkylation sites (tertiary alicyclic amines) is 1. The summed E-state index contributed by atoms with van der Waals surface area (Å²) in [5.74, 6) is -0.117. The number of nitrogens with zero attached hydrogens (tertiary/aromatic N) is 3. The van der Waals surface area contributed by atoms with Crippen LogP contribution in [0.5, 0.6) is 0 Å². The summed E-state index contributed by atoms with van der Waals surface area (Å²) < 4.78 is 7.15. The van der Waals surface area contributed by atoms with Gasteiger partial charge in [0.25, 0.3) is 5.91 Å². The zero-order chi connectivity index (χ0) is 24.0.